The lowest BCUT2D eigenvalue weighted by atomic mass is 10.1. The quantitative estimate of drug-likeness (QED) is 0.386. The highest BCUT2D eigenvalue weighted by molar-refractivity contribution is 14.1. The molecule has 0 spiro atoms. The molecule has 6 nitrogen and oxygen atoms in total. The zero-order valence-electron chi connectivity index (χ0n) is 12.6. The van der Waals surface area contributed by atoms with Crippen molar-refractivity contribution in [3.05, 3.63) is 67.8 Å². The van der Waals surface area contributed by atoms with Gasteiger partial charge >= 0.3 is 0 Å². The average Bonchev–Trinajstić information content (AvgIpc) is 3.18. The monoisotopic (exact) mass is 432 g/mol. The summed E-state index contributed by atoms with van der Waals surface area (Å²) in [7, 11) is 0. The first kappa shape index (κ1) is 15.1. The summed E-state index contributed by atoms with van der Waals surface area (Å²) in [4.78, 5) is 11.0. The molecule has 24 heavy (non-hydrogen) atoms. The topological polar surface area (TPSA) is 73.0 Å². The van der Waals surface area contributed by atoms with Crippen molar-refractivity contribution in [2.75, 3.05) is 11.9 Å². The molecule has 7 heteroatoms. The second-order valence-corrected chi connectivity index (χ2v) is 6.76. The van der Waals surface area contributed by atoms with Crippen LogP contribution < -0.4 is 5.32 Å². The number of anilines is 1. The van der Waals surface area contributed by atoms with Gasteiger partial charge < -0.3 is 5.32 Å². The molecule has 1 aliphatic rings. The lowest BCUT2D eigenvalue weighted by Crippen LogP contribution is -2.06. The maximum absolute atomic E-state index is 11.4. The van der Waals surface area contributed by atoms with Crippen molar-refractivity contribution in [2.24, 2.45) is 0 Å². The lowest BCUT2D eigenvalue weighted by Gasteiger charge is -2.06. The number of hydrogen-bond acceptors (Lipinski definition) is 4. The second-order valence-electron chi connectivity index (χ2n) is 5.52. The normalized spacial score (nSPS) is 12.7. The van der Waals surface area contributed by atoms with Gasteiger partial charge in [0.2, 0.25) is 0 Å². The van der Waals surface area contributed by atoms with E-state index in [9.17, 15) is 10.1 Å². The number of nitrogens with one attached hydrogen (secondary N) is 1. The fourth-order valence-corrected chi connectivity index (χ4v) is 3.35. The van der Waals surface area contributed by atoms with Crippen molar-refractivity contribution < 1.29 is 4.92 Å². The fraction of sp³-hybridized carbons (Fsp3) is 0.118. The first-order valence-electron chi connectivity index (χ1n) is 7.50. The third-order valence-corrected chi connectivity index (χ3v) is 4.79. The number of rotatable bonds is 3. The van der Waals surface area contributed by atoms with Crippen molar-refractivity contribution in [3.63, 3.8) is 0 Å². The number of para-hydroxylation sites is 2. The Hall–Kier alpha value is -2.42. The molecule has 1 aromatic heterocycles. The fourth-order valence-electron chi connectivity index (χ4n) is 2.99. The summed E-state index contributed by atoms with van der Waals surface area (Å²) in [5, 5.41) is 19.4. The van der Waals surface area contributed by atoms with Gasteiger partial charge in [-0.3, -0.25) is 10.1 Å². The van der Waals surface area contributed by atoms with Crippen LogP contribution in [0, 0.1) is 13.7 Å². The Morgan fingerprint density at radius 2 is 1.92 bits per heavy atom. The SMILES string of the molecule is O=[N+]([O-])c1ccccc1-n1nc(-c2ccc(I)cc2)c2c1NCC2. The zero-order valence-corrected chi connectivity index (χ0v) is 14.7. The Morgan fingerprint density at radius 1 is 1.17 bits per heavy atom. The summed E-state index contributed by atoms with van der Waals surface area (Å²) in [6.45, 7) is 0.811. The molecular formula is C17H13IN4O2. The number of nitro groups is 1. The summed E-state index contributed by atoms with van der Waals surface area (Å²) in [5.41, 5.74) is 3.53. The molecule has 1 aliphatic heterocycles. The van der Waals surface area contributed by atoms with E-state index >= 15 is 0 Å². The zero-order chi connectivity index (χ0) is 16.7. The number of halogens is 1. The summed E-state index contributed by atoms with van der Waals surface area (Å²) in [5.74, 6) is 0.845. The molecule has 0 saturated carbocycles. The number of nitro benzene ring substituents is 1. The molecule has 0 atom stereocenters. The van der Waals surface area contributed by atoms with Crippen LogP contribution in [-0.4, -0.2) is 21.2 Å². The molecule has 0 bridgehead atoms. The van der Waals surface area contributed by atoms with E-state index in [0.717, 1.165) is 39.2 Å². The number of hydrogen-bond donors (Lipinski definition) is 1. The minimum absolute atomic E-state index is 0.0469. The standard InChI is InChI=1S/C17H13IN4O2/c18-12-7-5-11(6-8-12)16-13-9-10-19-17(13)21(20-16)14-3-1-2-4-15(14)22(23)24/h1-8,19H,9-10H2. The van der Waals surface area contributed by atoms with E-state index in [4.69, 9.17) is 5.10 Å². The van der Waals surface area contributed by atoms with Crippen LogP contribution in [0.1, 0.15) is 5.56 Å². The van der Waals surface area contributed by atoms with Crippen LogP contribution in [-0.2, 0) is 6.42 Å². The van der Waals surface area contributed by atoms with E-state index < -0.39 is 0 Å². The Bertz CT molecular complexity index is 934. The molecule has 4 rings (SSSR count). The largest absolute Gasteiger partial charge is 0.369 e. The third kappa shape index (κ3) is 2.44. The van der Waals surface area contributed by atoms with E-state index in [0.29, 0.717) is 5.69 Å². The summed E-state index contributed by atoms with van der Waals surface area (Å²) in [6, 6.07) is 14.8. The molecule has 1 N–H and O–H groups in total. The van der Waals surface area contributed by atoms with Gasteiger partial charge in [-0.25, -0.2) is 4.68 Å². The molecule has 0 amide bonds. The highest BCUT2D eigenvalue weighted by Gasteiger charge is 2.26. The summed E-state index contributed by atoms with van der Waals surface area (Å²) >= 11 is 2.27. The van der Waals surface area contributed by atoms with Gasteiger partial charge in [-0.05, 0) is 47.2 Å². The van der Waals surface area contributed by atoms with Crippen molar-refractivity contribution in [1.82, 2.24) is 9.78 Å². The number of nitrogens with zero attached hydrogens (tertiary/aromatic N) is 3. The summed E-state index contributed by atoms with van der Waals surface area (Å²) in [6.07, 6.45) is 0.858. The molecule has 0 radical (unpaired) electrons. The van der Waals surface area contributed by atoms with Crippen molar-refractivity contribution in [1.29, 1.82) is 0 Å². The van der Waals surface area contributed by atoms with Crippen molar-refractivity contribution in [3.8, 4) is 16.9 Å². The number of benzene rings is 2. The van der Waals surface area contributed by atoms with Gasteiger partial charge in [0.25, 0.3) is 5.69 Å². The average molecular weight is 432 g/mol. The third-order valence-electron chi connectivity index (χ3n) is 4.08. The molecule has 2 aromatic carbocycles. The lowest BCUT2D eigenvalue weighted by molar-refractivity contribution is -0.384. The predicted octanol–water partition coefficient (Wildman–Crippen LogP) is 4.02. The maximum Gasteiger partial charge on any atom is 0.294 e. The van der Waals surface area contributed by atoms with Gasteiger partial charge in [0.05, 0.1) is 10.6 Å². The predicted molar refractivity (Wildman–Crippen MR) is 101 cm³/mol. The van der Waals surface area contributed by atoms with Gasteiger partial charge in [-0.2, -0.15) is 5.10 Å². The second kappa shape index (κ2) is 5.90. The van der Waals surface area contributed by atoms with E-state index in [1.54, 1.807) is 22.9 Å². The Morgan fingerprint density at radius 3 is 2.67 bits per heavy atom. The first-order valence-corrected chi connectivity index (χ1v) is 8.58. The number of fused-ring (bicyclic) bond motifs is 1. The van der Waals surface area contributed by atoms with E-state index in [1.165, 1.54) is 6.07 Å². The minimum Gasteiger partial charge on any atom is -0.369 e. The smallest absolute Gasteiger partial charge is 0.294 e. The van der Waals surface area contributed by atoms with Crippen LogP contribution in [0.25, 0.3) is 16.9 Å². The highest BCUT2D eigenvalue weighted by atomic mass is 127. The molecular weight excluding hydrogens is 419 g/mol. The van der Waals surface area contributed by atoms with Crippen LogP contribution in [0.4, 0.5) is 11.5 Å². The molecule has 0 aliphatic carbocycles. The molecule has 2 heterocycles. The molecule has 0 unspecified atom stereocenters. The molecule has 120 valence electrons. The van der Waals surface area contributed by atoms with Gasteiger partial charge in [0.15, 0.2) is 0 Å². The molecule has 0 fully saturated rings. The Kier molecular flexibility index (Phi) is 3.72. The summed E-state index contributed by atoms with van der Waals surface area (Å²) < 4.78 is 2.82. The number of aromatic nitrogens is 2. The molecule has 3 aromatic rings. The maximum atomic E-state index is 11.4. The van der Waals surface area contributed by atoms with E-state index in [2.05, 4.69) is 27.9 Å². The molecule has 0 saturated heterocycles. The van der Waals surface area contributed by atoms with Crippen molar-refractivity contribution in [2.45, 2.75) is 6.42 Å². The Labute approximate surface area is 151 Å². The van der Waals surface area contributed by atoms with Gasteiger partial charge in [-0.1, -0.05) is 24.3 Å². The highest BCUT2D eigenvalue weighted by Crippen LogP contribution is 2.36. The van der Waals surface area contributed by atoms with Gasteiger partial charge in [-0.15, -0.1) is 0 Å². The minimum atomic E-state index is -0.372. The Balaban J connectivity index is 1.92. The van der Waals surface area contributed by atoms with Crippen LogP contribution in [0.15, 0.2) is 48.5 Å². The van der Waals surface area contributed by atoms with Crippen LogP contribution in [0.3, 0.4) is 0 Å². The van der Waals surface area contributed by atoms with Crippen LogP contribution in [0.2, 0.25) is 0 Å². The van der Waals surface area contributed by atoms with Gasteiger partial charge in [0, 0.05) is 27.3 Å². The van der Waals surface area contributed by atoms with E-state index in [-0.39, 0.29) is 10.6 Å². The first-order chi connectivity index (χ1) is 11.6. The van der Waals surface area contributed by atoms with Crippen LogP contribution >= 0.6 is 22.6 Å². The van der Waals surface area contributed by atoms with E-state index in [1.807, 2.05) is 24.3 Å². The van der Waals surface area contributed by atoms with Crippen LogP contribution in [0.5, 0.6) is 0 Å². The van der Waals surface area contributed by atoms with Gasteiger partial charge in [0.1, 0.15) is 11.5 Å². The van der Waals surface area contributed by atoms with Crippen molar-refractivity contribution >= 4 is 34.1 Å².